The zero-order valence-electron chi connectivity index (χ0n) is 14.5. The summed E-state index contributed by atoms with van der Waals surface area (Å²) in [5, 5.41) is 2.96. The molecule has 0 bridgehead atoms. The molecule has 0 radical (unpaired) electrons. The summed E-state index contributed by atoms with van der Waals surface area (Å²) in [5.74, 6) is -0.241. The molecule has 2 aromatic rings. The number of benzene rings is 2. The van der Waals surface area contributed by atoms with Crippen LogP contribution in [0.4, 0.5) is 5.69 Å². The summed E-state index contributed by atoms with van der Waals surface area (Å²) < 4.78 is 0. The molecule has 4 heteroatoms. The van der Waals surface area contributed by atoms with Gasteiger partial charge in [-0.25, -0.2) is 0 Å². The van der Waals surface area contributed by atoms with Crippen molar-refractivity contribution in [2.24, 2.45) is 0 Å². The summed E-state index contributed by atoms with van der Waals surface area (Å²) in [4.78, 5) is 26.1. The normalized spacial score (nSPS) is 11.6. The summed E-state index contributed by atoms with van der Waals surface area (Å²) in [6, 6.07) is 16.8. The number of hydrogen-bond donors (Lipinski definition) is 1. The van der Waals surface area contributed by atoms with Crippen LogP contribution in [0.25, 0.3) is 0 Å². The smallest absolute Gasteiger partial charge is 0.253 e. The lowest BCUT2D eigenvalue weighted by Gasteiger charge is -2.17. The van der Waals surface area contributed by atoms with E-state index in [9.17, 15) is 9.59 Å². The SMILES string of the molecule is CCC[C@H](C(=O)Nc1ccc(C(=O)N(C)C)cc1)c1ccccc1. The first-order valence-corrected chi connectivity index (χ1v) is 8.20. The number of hydrogen-bond acceptors (Lipinski definition) is 2. The number of carbonyl (C=O) groups excluding carboxylic acids is 2. The molecule has 4 nitrogen and oxygen atoms in total. The Hall–Kier alpha value is -2.62. The van der Waals surface area contributed by atoms with Crippen LogP contribution in [0, 0.1) is 0 Å². The van der Waals surface area contributed by atoms with Gasteiger partial charge in [0.05, 0.1) is 5.92 Å². The average Bonchev–Trinajstić information content (AvgIpc) is 2.60. The third kappa shape index (κ3) is 4.44. The topological polar surface area (TPSA) is 49.4 Å². The predicted octanol–water partition coefficient (Wildman–Crippen LogP) is 3.91. The Kier molecular flexibility index (Phi) is 6.13. The average molecular weight is 324 g/mol. The van der Waals surface area contributed by atoms with E-state index >= 15 is 0 Å². The third-order valence-corrected chi connectivity index (χ3v) is 3.90. The molecule has 0 saturated carbocycles. The van der Waals surface area contributed by atoms with Gasteiger partial charge in [-0.2, -0.15) is 0 Å². The van der Waals surface area contributed by atoms with Crippen LogP contribution in [0.15, 0.2) is 54.6 Å². The van der Waals surface area contributed by atoms with E-state index in [2.05, 4.69) is 12.2 Å². The number of rotatable bonds is 6. The minimum atomic E-state index is -0.167. The van der Waals surface area contributed by atoms with Crippen LogP contribution in [0.1, 0.15) is 41.6 Å². The van der Waals surface area contributed by atoms with Gasteiger partial charge in [-0.3, -0.25) is 9.59 Å². The van der Waals surface area contributed by atoms with Gasteiger partial charge in [0.15, 0.2) is 0 Å². The number of amides is 2. The van der Waals surface area contributed by atoms with Gasteiger partial charge < -0.3 is 10.2 Å². The van der Waals surface area contributed by atoms with Crippen LogP contribution in [0.3, 0.4) is 0 Å². The standard InChI is InChI=1S/C20H24N2O2/c1-4-8-18(15-9-6-5-7-10-15)19(23)21-17-13-11-16(12-14-17)20(24)22(2)3/h5-7,9-14,18H,4,8H2,1-3H3,(H,21,23)/t18-/m0/s1. The van der Waals surface area contributed by atoms with Crippen molar-refractivity contribution in [2.45, 2.75) is 25.7 Å². The van der Waals surface area contributed by atoms with E-state index in [1.807, 2.05) is 30.3 Å². The van der Waals surface area contributed by atoms with Crippen LogP contribution >= 0.6 is 0 Å². The van der Waals surface area contributed by atoms with E-state index < -0.39 is 0 Å². The zero-order chi connectivity index (χ0) is 17.5. The lowest BCUT2D eigenvalue weighted by Crippen LogP contribution is -2.22. The lowest BCUT2D eigenvalue weighted by atomic mass is 9.93. The molecule has 0 spiro atoms. The molecule has 2 rings (SSSR count). The van der Waals surface area contributed by atoms with Gasteiger partial charge in [0.1, 0.15) is 0 Å². The molecule has 0 aliphatic rings. The highest BCUT2D eigenvalue weighted by Crippen LogP contribution is 2.23. The van der Waals surface area contributed by atoms with Crippen LogP contribution in [0.2, 0.25) is 0 Å². The number of nitrogens with zero attached hydrogens (tertiary/aromatic N) is 1. The second-order valence-electron chi connectivity index (χ2n) is 6.02. The second-order valence-corrected chi connectivity index (χ2v) is 6.02. The zero-order valence-corrected chi connectivity index (χ0v) is 14.5. The third-order valence-electron chi connectivity index (χ3n) is 3.90. The molecule has 126 valence electrons. The van der Waals surface area contributed by atoms with Crippen molar-refractivity contribution in [3.05, 3.63) is 65.7 Å². The Morgan fingerprint density at radius 2 is 1.62 bits per heavy atom. The fraction of sp³-hybridized carbons (Fsp3) is 0.300. The molecule has 0 aromatic heterocycles. The minimum Gasteiger partial charge on any atom is -0.345 e. The van der Waals surface area contributed by atoms with Crippen molar-refractivity contribution in [3.63, 3.8) is 0 Å². The minimum absolute atomic E-state index is 0.0188. The van der Waals surface area contributed by atoms with Gasteiger partial charge in [0.2, 0.25) is 5.91 Å². The maximum absolute atomic E-state index is 12.6. The summed E-state index contributed by atoms with van der Waals surface area (Å²) in [6.45, 7) is 2.07. The van der Waals surface area contributed by atoms with E-state index in [1.54, 1.807) is 38.4 Å². The Balaban J connectivity index is 2.11. The highest BCUT2D eigenvalue weighted by Gasteiger charge is 2.19. The van der Waals surface area contributed by atoms with Gasteiger partial charge in [0.25, 0.3) is 5.91 Å². The Bertz CT molecular complexity index is 679. The monoisotopic (exact) mass is 324 g/mol. The molecular weight excluding hydrogens is 300 g/mol. The van der Waals surface area contributed by atoms with Crippen molar-refractivity contribution < 1.29 is 9.59 Å². The Labute approximate surface area is 143 Å². The first-order chi connectivity index (χ1) is 11.5. The Morgan fingerprint density at radius 3 is 2.17 bits per heavy atom. The van der Waals surface area contributed by atoms with Crippen molar-refractivity contribution in [1.29, 1.82) is 0 Å². The molecule has 1 N–H and O–H groups in total. The molecule has 2 amide bonds. The molecule has 0 heterocycles. The largest absolute Gasteiger partial charge is 0.345 e. The molecule has 0 fully saturated rings. The molecule has 0 aliphatic carbocycles. The molecule has 0 saturated heterocycles. The van der Waals surface area contributed by atoms with Gasteiger partial charge in [-0.05, 0) is 36.2 Å². The Morgan fingerprint density at radius 1 is 1.00 bits per heavy atom. The molecule has 2 aromatic carbocycles. The summed E-state index contributed by atoms with van der Waals surface area (Å²) in [6.07, 6.45) is 1.73. The second kappa shape index (κ2) is 8.29. The highest BCUT2D eigenvalue weighted by atomic mass is 16.2. The van der Waals surface area contributed by atoms with Gasteiger partial charge in [0, 0.05) is 25.3 Å². The summed E-state index contributed by atoms with van der Waals surface area (Å²) in [7, 11) is 3.43. The van der Waals surface area contributed by atoms with Gasteiger partial charge in [-0.1, -0.05) is 43.7 Å². The molecule has 0 unspecified atom stereocenters. The van der Waals surface area contributed by atoms with Crippen molar-refractivity contribution in [3.8, 4) is 0 Å². The van der Waals surface area contributed by atoms with E-state index in [1.165, 1.54) is 4.90 Å². The van der Waals surface area contributed by atoms with E-state index in [4.69, 9.17) is 0 Å². The van der Waals surface area contributed by atoms with Crippen LogP contribution in [-0.2, 0) is 4.79 Å². The van der Waals surface area contributed by atoms with Crippen LogP contribution in [-0.4, -0.2) is 30.8 Å². The quantitative estimate of drug-likeness (QED) is 0.876. The van der Waals surface area contributed by atoms with E-state index in [-0.39, 0.29) is 17.7 Å². The first-order valence-electron chi connectivity index (χ1n) is 8.20. The van der Waals surface area contributed by atoms with Crippen molar-refractivity contribution in [2.75, 3.05) is 19.4 Å². The number of anilines is 1. The van der Waals surface area contributed by atoms with Crippen molar-refractivity contribution >= 4 is 17.5 Å². The summed E-state index contributed by atoms with van der Waals surface area (Å²) in [5.41, 5.74) is 2.33. The van der Waals surface area contributed by atoms with Gasteiger partial charge in [-0.15, -0.1) is 0 Å². The maximum atomic E-state index is 12.6. The molecule has 1 atom stereocenters. The predicted molar refractivity (Wildman–Crippen MR) is 97.2 cm³/mol. The highest BCUT2D eigenvalue weighted by molar-refractivity contribution is 5.97. The number of nitrogens with one attached hydrogen (secondary N) is 1. The first kappa shape index (κ1) is 17.7. The van der Waals surface area contributed by atoms with E-state index in [0.29, 0.717) is 11.3 Å². The van der Waals surface area contributed by atoms with Crippen LogP contribution in [0.5, 0.6) is 0 Å². The van der Waals surface area contributed by atoms with E-state index in [0.717, 1.165) is 18.4 Å². The molecule has 24 heavy (non-hydrogen) atoms. The summed E-state index contributed by atoms with van der Waals surface area (Å²) >= 11 is 0. The fourth-order valence-corrected chi connectivity index (χ4v) is 2.61. The lowest BCUT2D eigenvalue weighted by molar-refractivity contribution is -0.117. The van der Waals surface area contributed by atoms with Gasteiger partial charge >= 0.3 is 0 Å². The van der Waals surface area contributed by atoms with Crippen LogP contribution < -0.4 is 5.32 Å². The number of carbonyl (C=O) groups is 2. The molecule has 0 aliphatic heterocycles. The maximum Gasteiger partial charge on any atom is 0.253 e. The fourth-order valence-electron chi connectivity index (χ4n) is 2.61. The molecular formula is C20H24N2O2. The van der Waals surface area contributed by atoms with Crippen molar-refractivity contribution in [1.82, 2.24) is 4.90 Å².